The van der Waals surface area contributed by atoms with Gasteiger partial charge in [0.2, 0.25) is 0 Å². The fourth-order valence-electron chi connectivity index (χ4n) is 2.20. The van der Waals surface area contributed by atoms with Crippen LogP contribution in [0.15, 0.2) is 29.4 Å². The maximum Gasteiger partial charge on any atom is 0.319 e. The molecule has 0 saturated heterocycles. The van der Waals surface area contributed by atoms with Crippen molar-refractivity contribution in [1.29, 1.82) is 0 Å². The Morgan fingerprint density at radius 3 is 2.52 bits per heavy atom. The lowest BCUT2D eigenvalue weighted by Crippen LogP contribution is -2.41. The number of azide groups is 1. The molecular formula is C14H21N3O3Si. The molecule has 0 saturated carbocycles. The highest BCUT2D eigenvalue weighted by molar-refractivity contribution is 6.89. The molecule has 1 aromatic carbocycles. The SMILES string of the molecule is COC(=O)C(N=[N+]=[N-])c1ccc([Si](C)(C)CCCO)cc1. The van der Waals surface area contributed by atoms with Gasteiger partial charge in [-0.1, -0.05) is 53.7 Å². The maximum absolute atomic E-state index is 11.6. The Bertz CT molecular complexity index is 525. The largest absolute Gasteiger partial charge is 0.468 e. The molecule has 1 rings (SSSR count). The lowest BCUT2D eigenvalue weighted by atomic mass is 10.1. The fourth-order valence-corrected chi connectivity index (χ4v) is 4.59. The molecule has 0 radical (unpaired) electrons. The molecule has 0 heterocycles. The summed E-state index contributed by atoms with van der Waals surface area (Å²) in [6.07, 6.45) is 0.796. The van der Waals surface area contributed by atoms with Crippen LogP contribution in [-0.2, 0) is 9.53 Å². The van der Waals surface area contributed by atoms with Crippen molar-refractivity contribution in [2.75, 3.05) is 13.7 Å². The van der Waals surface area contributed by atoms with Gasteiger partial charge in [0.25, 0.3) is 0 Å². The summed E-state index contributed by atoms with van der Waals surface area (Å²) in [5, 5.41) is 13.7. The van der Waals surface area contributed by atoms with Crippen LogP contribution in [0.4, 0.5) is 0 Å². The van der Waals surface area contributed by atoms with Crippen LogP contribution >= 0.6 is 0 Å². The second kappa shape index (κ2) is 7.83. The number of benzene rings is 1. The monoisotopic (exact) mass is 307 g/mol. The van der Waals surface area contributed by atoms with E-state index in [1.54, 1.807) is 12.1 Å². The van der Waals surface area contributed by atoms with E-state index in [1.165, 1.54) is 12.3 Å². The Balaban J connectivity index is 3.00. The Morgan fingerprint density at radius 2 is 2.05 bits per heavy atom. The number of nitrogens with zero attached hydrogens (tertiary/aromatic N) is 3. The minimum atomic E-state index is -1.59. The lowest BCUT2D eigenvalue weighted by Gasteiger charge is -2.23. The third-order valence-corrected chi connectivity index (χ3v) is 7.06. The van der Waals surface area contributed by atoms with E-state index in [4.69, 9.17) is 10.6 Å². The van der Waals surface area contributed by atoms with E-state index in [-0.39, 0.29) is 6.61 Å². The first-order valence-electron chi connectivity index (χ1n) is 6.79. The number of aliphatic hydroxyl groups is 1. The molecule has 0 spiro atoms. The Hall–Kier alpha value is -1.82. The van der Waals surface area contributed by atoms with E-state index in [1.807, 2.05) is 12.1 Å². The number of ether oxygens (including phenoxy) is 1. The van der Waals surface area contributed by atoms with Crippen molar-refractivity contribution < 1.29 is 14.6 Å². The Kier molecular flexibility index (Phi) is 6.42. The van der Waals surface area contributed by atoms with Crippen molar-refractivity contribution in [1.82, 2.24) is 0 Å². The second-order valence-electron chi connectivity index (χ2n) is 5.46. The summed E-state index contributed by atoms with van der Waals surface area (Å²) in [6.45, 7) is 4.68. The molecule has 1 unspecified atom stereocenters. The van der Waals surface area contributed by atoms with Crippen molar-refractivity contribution in [3.05, 3.63) is 40.3 Å². The van der Waals surface area contributed by atoms with Crippen LogP contribution in [0.1, 0.15) is 18.0 Å². The molecule has 7 heteroatoms. The van der Waals surface area contributed by atoms with Crippen LogP contribution in [0, 0.1) is 0 Å². The maximum atomic E-state index is 11.6. The van der Waals surface area contributed by atoms with E-state index < -0.39 is 20.1 Å². The van der Waals surface area contributed by atoms with Crippen molar-refractivity contribution in [2.45, 2.75) is 31.6 Å². The predicted octanol–water partition coefficient (Wildman–Crippen LogP) is 2.51. The molecule has 1 aromatic rings. The van der Waals surface area contributed by atoms with E-state index in [9.17, 15) is 4.79 Å². The number of carbonyl (C=O) groups is 1. The van der Waals surface area contributed by atoms with E-state index in [0.29, 0.717) is 5.56 Å². The molecule has 1 N–H and O–H groups in total. The van der Waals surface area contributed by atoms with Gasteiger partial charge in [-0.15, -0.1) is 0 Å². The molecule has 0 amide bonds. The molecule has 0 fully saturated rings. The molecule has 0 aliphatic carbocycles. The van der Waals surface area contributed by atoms with Gasteiger partial charge < -0.3 is 9.84 Å². The number of hydrogen-bond acceptors (Lipinski definition) is 4. The van der Waals surface area contributed by atoms with Crippen LogP contribution in [-0.4, -0.2) is 32.9 Å². The summed E-state index contributed by atoms with van der Waals surface area (Å²) >= 11 is 0. The van der Waals surface area contributed by atoms with Gasteiger partial charge in [0.15, 0.2) is 6.04 Å². The summed E-state index contributed by atoms with van der Waals surface area (Å²) in [5.74, 6) is -0.572. The first kappa shape index (κ1) is 17.2. The zero-order chi connectivity index (χ0) is 15.9. The van der Waals surface area contributed by atoms with Gasteiger partial charge in [-0.2, -0.15) is 0 Å². The summed E-state index contributed by atoms with van der Waals surface area (Å²) in [6, 6.07) is 7.61. The molecule has 114 valence electrons. The van der Waals surface area contributed by atoms with Gasteiger partial charge in [-0.05, 0) is 17.5 Å². The topological polar surface area (TPSA) is 95.3 Å². The van der Waals surface area contributed by atoms with Gasteiger partial charge in [-0.3, -0.25) is 4.79 Å². The number of carbonyl (C=O) groups excluding carboxylic acids is 1. The zero-order valence-corrected chi connectivity index (χ0v) is 13.6. The van der Waals surface area contributed by atoms with Gasteiger partial charge in [0.05, 0.1) is 15.2 Å². The smallest absolute Gasteiger partial charge is 0.319 e. The first-order valence-corrected chi connectivity index (χ1v) is 10.0. The highest BCUT2D eigenvalue weighted by atomic mass is 28.3. The van der Waals surface area contributed by atoms with Crippen molar-refractivity contribution in [3.63, 3.8) is 0 Å². The zero-order valence-electron chi connectivity index (χ0n) is 12.6. The number of methoxy groups -OCH3 is 1. The van der Waals surface area contributed by atoms with Crippen LogP contribution in [0.5, 0.6) is 0 Å². The van der Waals surface area contributed by atoms with Gasteiger partial charge in [0, 0.05) is 11.5 Å². The van der Waals surface area contributed by atoms with Gasteiger partial charge >= 0.3 is 5.97 Å². The van der Waals surface area contributed by atoms with Crippen LogP contribution < -0.4 is 5.19 Å². The molecule has 0 aliphatic heterocycles. The molecule has 0 aromatic heterocycles. The fraction of sp³-hybridized carbons (Fsp3) is 0.500. The van der Waals surface area contributed by atoms with Crippen LogP contribution in [0.3, 0.4) is 0 Å². The summed E-state index contributed by atoms with van der Waals surface area (Å²) < 4.78 is 4.65. The lowest BCUT2D eigenvalue weighted by molar-refractivity contribution is -0.142. The molecule has 6 nitrogen and oxygen atoms in total. The minimum Gasteiger partial charge on any atom is -0.468 e. The summed E-state index contributed by atoms with van der Waals surface area (Å²) in [7, 11) is -0.326. The molecule has 0 bridgehead atoms. The summed E-state index contributed by atoms with van der Waals surface area (Å²) in [4.78, 5) is 14.3. The minimum absolute atomic E-state index is 0.204. The third-order valence-electron chi connectivity index (χ3n) is 3.56. The van der Waals surface area contributed by atoms with Crippen molar-refractivity contribution in [2.24, 2.45) is 5.11 Å². The normalized spacial score (nSPS) is 12.4. The predicted molar refractivity (Wildman–Crippen MR) is 84.0 cm³/mol. The van der Waals surface area contributed by atoms with Gasteiger partial charge in [0.1, 0.15) is 0 Å². The number of rotatable bonds is 7. The molecule has 21 heavy (non-hydrogen) atoms. The first-order chi connectivity index (χ1) is 9.96. The highest BCUT2D eigenvalue weighted by Gasteiger charge is 2.24. The van der Waals surface area contributed by atoms with Crippen molar-refractivity contribution in [3.8, 4) is 0 Å². The van der Waals surface area contributed by atoms with E-state index in [0.717, 1.165) is 12.5 Å². The average Bonchev–Trinajstić information content (AvgIpc) is 2.50. The quantitative estimate of drug-likeness (QED) is 0.275. The standard InChI is InChI=1S/C14H21N3O3Si/c1-20-14(19)13(16-17-15)11-5-7-12(8-6-11)21(2,3)10-4-9-18/h5-8,13,18H,4,9-10H2,1-3H3. The van der Waals surface area contributed by atoms with Crippen LogP contribution in [0.25, 0.3) is 10.4 Å². The van der Waals surface area contributed by atoms with E-state index >= 15 is 0 Å². The Labute approximate surface area is 125 Å². The average molecular weight is 307 g/mol. The van der Waals surface area contributed by atoms with Crippen molar-refractivity contribution >= 4 is 19.2 Å². The number of aliphatic hydroxyl groups excluding tert-OH is 1. The summed E-state index contributed by atoms with van der Waals surface area (Å²) in [5.41, 5.74) is 9.18. The third kappa shape index (κ3) is 4.59. The van der Waals surface area contributed by atoms with Gasteiger partial charge in [-0.25, -0.2) is 0 Å². The molecule has 1 atom stereocenters. The number of hydrogen-bond donors (Lipinski definition) is 1. The Morgan fingerprint density at radius 1 is 1.43 bits per heavy atom. The second-order valence-corrected chi connectivity index (χ2v) is 10.3. The highest BCUT2D eigenvalue weighted by Crippen LogP contribution is 2.20. The number of esters is 1. The van der Waals surface area contributed by atoms with E-state index in [2.05, 4.69) is 27.9 Å². The van der Waals surface area contributed by atoms with Crippen LogP contribution in [0.2, 0.25) is 19.1 Å². The molecular weight excluding hydrogens is 286 g/mol. The molecule has 0 aliphatic rings.